The van der Waals surface area contributed by atoms with Crippen LogP contribution in [-0.4, -0.2) is 52.3 Å². The molecule has 3 N–H and O–H groups in total. The highest BCUT2D eigenvalue weighted by Gasteiger charge is 2.22. The Hall–Kier alpha value is -2.44. The SMILES string of the molecule is CN=C(NCCCC(=O)NC1CC1)NCCc1ccc(OC)c(OC)c1. The molecule has 0 bridgehead atoms. The van der Waals surface area contributed by atoms with Crippen molar-refractivity contribution >= 4 is 11.9 Å². The molecule has 0 unspecified atom stereocenters. The molecule has 1 amide bonds. The molecule has 0 radical (unpaired) electrons. The van der Waals surface area contributed by atoms with Crippen LogP contribution in [0.4, 0.5) is 0 Å². The van der Waals surface area contributed by atoms with Gasteiger partial charge in [-0.1, -0.05) is 6.07 Å². The third kappa shape index (κ3) is 6.82. The summed E-state index contributed by atoms with van der Waals surface area (Å²) in [6, 6.07) is 6.35. The van der Waals surface area contributed by atoms with Crippen LogP contribution in [0.5, 0.6) is 11.5 Å². The predicted molar refractivity (Wildman–Crippen MR) is 103 cm³/mol. The zero-order valence-electron chi connectivity index (χ0n) is 15.9. The summed E-state index contributed by atoms with van der Waals surface area (Å²) in [4.78, 5) is 15.8. The van der Waals surface area contributed by atoms with Gasteiger partial charge in [-0.15, -0.1) is 0 Å². The Balaban J connectivity index is 1.64. The number of guanidine groups is 1. The second kappa shape index (κ2) is 10.5. The Morgan fingerprint density at radius 1 is 1.15 bits per heavy atom. The second-order valence-corrected chi connectivity index (χ2v) is 6.31. The molecule has 144 valence electrons. The van der Waals surface area contributed by atoms with Crippen LogP contribution in [0.15, 0.2) is 23.2 Å². The number of ether oxygens (including phenoxy) is 2. The first-order chi connectivity index (χ1) is 12.7. The molecular weight excluding hydrogens is 332 g/mol. The summed E-state index contributed by atoms with van der Waals surface area (Å²) in [5.74, 6) is 2.35. The number of carbonyl (C=O) groups is 1. The largest absolute Gasteiger partial charge is 0.493 e. The van der Waals surface area contributed by atoms with Crippen molar-refractivity contribution in [3.8, 4) is 11.5 Å². The summed E-state index contributed by atoms with van der Waals surface area (Å²) >= 11 is 0. The topological polar surface area (TPSA) is 84.0 Å². The van der Waals surface area contributed by atoms with E-state index >= 15 is 0 Å². The molecule has 7 nitrogen and oxygen atoms in total. The molecular formula is C19H30N4O3. The van der Waals surface area contributed by atoms with Crippen molar-refractivity contribution in [2.75, 3.05) is 34.4 Å². The van der Waals surface area contributed by atoms with E-state index in [0.717, 1.165) is 55.3 Å². The van der Waals surface area contributed by atoms with Crippen molar-refractivity contribution in [1.29, 1.82) is 0 Å². The summed E-state index contributed by atoms with van der Waals surface area (Å²) in [5.41, 5.74) is 1.15. The number of benzene rings is 1. The lowest BCUT2D eigenvalue weighted by Gasteiger charge is -2.13. The Morgan fingerprint density at radius 3 is 2.54 bits per heavy atom. The predicted octanol–water partition coefficient (Wildman–Crippen LogP) is 1.47. The number of nitrogens with zero attached hydrogens (tertiary/aromatic N) is 1. The van der Waals surface area contributed by atoms with Crippen LogP contribution in [0.3, 0.4) is 0 Å². The molecule has 1 aliphatic rings. The maximum Gasteiger partial charge on any atom is 0.220 e. The number of hydrogen-bond donors (Lipinski definition) is 3. The van der Waals surface area contributed by atoms with Gasteiger partial charge in [0.2, 0.25) is 5.91 Å². The van der Waals surface area contributed by atoms with E-state index in [1.807, 2.05) is 18.2 Å². The zero-order chi connectivity index (χ0) is 18.8. The minimum absolute atomic E-state index is 0.144. The summed E-state index contributed by atoms with van der Waals surface area (Å²) in [6.07, 6.45) is 4.42. The van der Waals surface area contributed by atoms with Gasteiger partial charge in [0.1, 0.15) is 0 Å². The fraction of sp³-hybridized carbons (Fsp3) is 0.579. The van der Waals surface area contributed by atoms with Gasteiger partial charge < -0.3 is 25.4 Å². The highest BCUT2D eigenvalue weighted by atomic mass is 16.5. The van der Waals surface area contributed by atoms with Gasteiger partial charge in [-0.25, -0.2) is 0 Å². The number of rotatable bonds is 10. The van der Waals surface area contributed by atoms with E-state index < -0.39 is 0 Å². The molecule has 0 aliphatic heterocycles. The molecule has 7 heteroatoms. The second-order valence-electron chi connectivity index (χ2n) is 6.31. The monoisotopic (exact) mass is 362 g/mol. The molecule has 0 aromatic heterocycles. The first kappa shape index (κ1) is 19.9. The highest BCUT2D eigenvalue weighted by Crippen LogP contribution is 2.27. The molecule has 0 atom stereocenters. The van der Waals surface area contributed by atoms with Crippen molar-refractivity contribution in [1.82, 2.24) is 16.0 Å². The summed E-state index contributed by atoms with van der Waals surface area (Å²) in [5, 5.41) is 9.51. The van der Waals surface area contributed by atoms with E-state index in [1.165, 1.54) is 0 Å². The van der Waals surface area contributed by atoms with Crippen molar-refractivity contribution in [2.24, 2.45) is 4.99 Å². The summed E-state index contributed by atoms with van der Waals surface area (Å²) in [6.45, 7) is 1.46. The van der Waals surface area contributed by atoms with E-state index in [9.17, 15) is 4.79 Å². The number of nitrogens with one attached hydrogen (secondary N) is 3. The molecule has 2 rings (SSSR count). The maximum atomic E-state index is 11.6. The van der Waals surface area contributed by atoms with Gasteiger partial charge in [-0.2, -0.15) is 0 Å². The fourth-order valence-corrected chi connectivity index (χ4v) is 2.57. The number of carbonyl (C=O) groups excluding carboxylic acids is 1. The highest BCUT2D eigenvalue weighted by molar-refractivity contribution is 5.80. The van der Waals surface area contributed by atoms with E-state index in [2.05, 4.69) is 20.9 Å². The molecule has 1 aliphatic carbocycles. The lowest BCUT2D eigenvalue weighted by atomic mass is 10.1. The molecule has 1 fully saturated rings. The maximum absolute atomic E-state index is 11.6. The van der Waals surface area contributed by atoms with Crippen molar-refractivity contribution < 1.29 is 14.3 Å². The smallest absolute Gasteiger partial charge is 0.220 e. The van der Waals surface area contributed by atoms with Crippen molar-refractivity contribution in [3.63, 3.8) is 0 Å². The summed E-state index contributed by atoms with van der Waals surface area (Å²) < 4.78 is 10.6. The van der Waals surface area contributed by atoms with Crippen molar-refractivity contribution in [3.05, 3.63) is 23.8 Å². The van der Waals surface area contributed by atoms with Crippen molar-refractivity contribution in [2.45, 2.75) is 38.1 Å². The van der Waals surface area contributed by atoms with Gasteiger partial charge >= 0.3 is 0 Å². The standard InChI is InChI=1S/C19H30N4O3/c1-20-19(21-11-4-5-18(24)23-15-7-8-15)22-12-10-14-6-9-16(25-2)17(13-14)26-3/h6,9,13,15H,4-5,7-8,10-12H2,1-3H3,(H,23,24)(H2,20,21,22). The van der Waals surface area contributed by atoms with Gasteiger partial charge in [0.25, 0.3) is 0 Å². The molecule has 0 saturated heterocycles. The number of aliphatic imine (C=N–C) groups is 1. The van der Waals surface area contributed by atoms with Crippen LogP contribution >= 0.6 is 0 Å². The van der Waals surface area contributed by atoms with Gasteiger partial charge in [0.05, 0.1) is 14.2 Å². The number of amides is 1. The Labute approximate surface area is 155 Å². The normalized spacial score (nSPS) is 13.9. The molecule has 1 aromatic rings. The van der Waals surface area contributed by atoms with Crippen LogP contribution < -0.4 is 25.4 Å². The van der Waals surface area contributed by atoms with E-state index in [0.29, 0.717) is 19.0 Å². The minimum atomic E-state index is 0.144. The molecule has 0 spiro atoms. The third-order valence-electron chi connectivity index (χ3n) is 4.19. The Morgan fingerprint density at radius 2 is 1.88 bits per heavy atom. The molecule has 1 aromatic carbocycles. The van der Waals surface area contributed by atoms with Crippen LogP contribution in [0.25, 0.3) is 0 Å². The Bertz CT molecular complexity index is 615. The average Bonchev–Trinajstić information content (AvgIpc) is 3.47. The van der Waals surface area contributed by atoms with Crippen LogP contribution in [0.2, 0.25) is 0 Å². The number of methoxy groups -OCH3 is 2. The van der Waals surface area contributed by atoms with E-state index in [1.54, 1.807) is 21.3 Å². The summed E-state index contributed by atoms with van der Waals surface area (Å²) in [7, 11) is 5.01. The number of hydrogen-bond acceptors (Lipinski definition) is 4. The van der Waals surface area contributed by atoms with E-state index in [-0.39, 0.29) is 5.91 Å². The van der Waals surface area contributed by atoms with Crippen LogP contribution in [-0.2, 0) is 11.2 Å². The first-order valence-corrected chi connectivity index (χ1v) is 9.11. The fourth-order valence-electron chi connectivity index (χ4n) is 2.57. The lowest BCUT2D eigenvalue weighted by Crippen LogP contribution is -2.39. The zero-order valence-corrected chi connectivity index (χ0v) is 15.9. The van der Waals surface area contributed by atoms with Crippen LogP contribution in [0, 0.1) is 0 Å². The lowest BCUT2D eigenvalue weighted by molar-refractivity contribution is -0.121. The molecule has 0 heterocycles. The van der Waals surface area contributed by atoms with Gasteiger partial charge in [-0.05, 0) is 43.4 Å². The first-order valence-electron chi connectivity index (χ1n) is 9.11. The average molecular weight is 362 g/mol. The molecule has 26 heavy (non-hydrogen) atoms. The van der Waals surface area contributed by atoms with Gasteiger partial charge in [0.15, 0.2) is 17.5 Å². The molecule has 1 saturated carbocycles. The Kier molecular flexibility index (Phi) is 8.05. The van der Waals surface area contributed by atoms with Crippen LogP contribution in [0.1, 0.15) is 31.2 Å². The van der Waals surface area contributed by atoms with Gasteiger partial charge in [0, 0.05) is 32.6 Å². The minimum Gasteiger partial charge on any atom is -0.493 e. The third-order valence-corrected chi connectivity index (χ3v) is 4.19. The van der Waals surface area contributed by atoms with Gasteiger partial charge in [-0.3, -0.25) is 9.79 Å². The quantitative estimate of drug-likeness (QED) is 0.333. The van der Waals surface area contributed by atoms with E-state index in [4.69, 9.17) is 9.47 Å².